The summed E-state index contributed by atoms with van der Waals surface area (Å²) >= 11 is 1.36. The first-order valence-electron chi connectivity index (χ1n) is 7.79. The number of carbonyl (C=O) groups is 1. The van der Waals surface area contributed by atoms with E-state index < -0.39 is 11.5 Å². The molecule has 0 aliphatic rings. The van der Waals surface area contributed by atoms with Gasteiger partial charge in [0.15, 0.2) is 0 Å². The molecule has 3 heterocycles. The number of nitrogens with zero attached hydrogens (tertiary/aromatic N) is 5. The van der Waals surface area contributed by atoms with Crippen LogP contribution in [0.1, 0.15) is 16.2 Å². The Kier molecular flexibility index (Phi) is 4.02. The lowest BCUT2D eigenvalue weighted by Crippen LogP contribution is -2.23. The van der Waals surface area contributed by atoms with Gasteiger partial charge in [0.2, 0.25) is 11.6 Å². The molecule has 0 saturated carbocycles. The molecule has 0 saturated heterocycles. The molecule has 27 heavy (non-hydrogen) atoms. The van der Waals surface area contributed by atoms with Crippen molar-refractivity contribution in [3.8, 4) is 22.3 Å². The maximum atomic E-state index is 13.0. The molecule has 132 valence electrons. The second-order valence-corrected chi connectivity index (χ2v) is 6.38. The van der Waals surface area contributed by atoms with Crippen LogP contribution in [0.2, 0.25) is 0 Å². The van der Waals surface area contributed by atoms with Crippen LogP contribution in [0.5, 0.6) is 0 Å². The third kappa shape index (κ3) is 2.59. The number of fused-ring (bicyclic) bond motifs is 1. The van der Waals surface area contributed by atoms with Crippen molar-refractivity contribution in [1.29, 1.82) is 5.26 Å². The van der Waals surface area contributed by atoms with E-state index in [1.54, 1.807) is 36.4 Å². The molecule has 1 aromatic carbocycles. The Hall–Kier alpha value is -3.77. The van der Waals surface area contributed by atoms with Crippen molar-refractivity contribution in [2.24, 2.45) is 0 Å². The van der Waals surface area contributed by atoms with Gasteiger partial charge in [-0.1, -0.05) is 24.3 Å². The minimum absolute atomic E-state index is 0.119. The van der Waals surface area contributed by atoms with E-state index in [1.165, 1.54) is 23.1 Å². The number of hydrogen-bond acceptors (Lipinski definition) is 7. The molecule has 3 aromatic heterocycles. The van der Waals surface area contributed by atoms with Crippen LogP contribution < -0.4 is 5.56 Å². The van der Waals surface area contributed by atoms with Gasteiger partial charge in [0.05, 0.1) is 17.7 Å². The summed E-state index contributed by atoms with van der Waals surface area (Å²) in [6.45, 7) is 0. The van der Waals surface area contributed by atoms with E-state index in [0.29, 0.717) is 10.6 Å². The van der Waals surface area contributed by atoms with E-state index in [-0.39, 0.29) is 22.9 Å². The van der Waals surface area contributed by atoms with E-state index in [2.05, 4.69) is 10.1 Å². The van der Waals surface area contributed by atoms with Crippen LogP contribution in [0.25, 0.3) is 22.0 Å². The maximum Gasteiger partial charge on any atom is 0.376 e. The highest BCUT2D eigenvalue weighted by Gasteiger charge is 2.25. The number of rotatable bonds is 3. The van der Waals surface area contributed by atoms with Crippen molar-refractivity contribution >= 4 is 23.1 Å². The number of aromatic nitrogens is 4. The van der Waals surface area contributed by atoms with Crippen molar-refractivity contribution in [2.75, 3.05) is 7.11 Å². The molecule has 9 heteroatoms. The molecule has 0 radical (unpaired) electrons. The number of nitriles is 1. The standard InChI is InChI=1S/C18H11N5O3S/c1-26-17(25)15-21-23(11-6-3-2-4-7-11)18-20-14(13-8-5-9-27-13)12(10-19)16(24)22(15)18/h2-9H,1H3. The summed E-state index contributed by atoms with van der Waals surface area (Å²) in [5.41, 5.74) is 0.0334. The predicted octanol–water partition coefficient (Wildman–Crippen LogP) is 2.27. The Labute approximate surface area is 156 Å². The van der Waals surface area contributed by atoms with Gasteiger partial charge in [0, 0.05) is 0 Å². The van der Waals surface area contributed by atoms with Crippen molar-refractivity contribution in [2.45, 2.75) is 0 Å². The predicted molar refractivity (Wildman–Crippen MR) is 98.0 cm³/mol. The number of thiophene rings is 1. The SMILES string of the molecule is COC(=O)c1nn(-c2ccccc2)c2nc(-c3cccs3)c(C#N)c(=O)n12. The summed E-state index contributed by atoms with van der Waals surface area (Å²) in [5.74, 6) is -0.927. The van der Waals surface area contributed by atoms with Crippen molar-refractivity contribution < 1.29 is 9.53 Å². The number of methoxy groups -OCH3 is 1. The van der Waals surface area contributed by atoms with Crippen LogP contribution in [0, 0.1) is 11.3 Å². The second kappa shape index (κ2) is 6.51. The summed E-state index contributed by atoms with van der Waals surface area (Å²) < 4.78 is 7.13. The number of para-hydroxylation sites is 1. The Morgan fingerprint density at radius 2 is 2.00 bits per heavy atom. The first kappa shape index (κ1) is 16.7. The van der Waals surface area contributed by atoms with Crippen molar-refractivity contribution in [3.63, 3.8) is 0 Å². The lowest BCUT2D eigenvalue weighted by molar-refractivity contribution is 0.0584. The lowest BCUT2D eigenvalue weighted by atomic mass is 10.2. The van der Waals surface area contributed by atoms with E-state index in [0.717, 1.165) is 4.40 Å². The molecule has 0 atom stereocenters. The number of hydrogen-bond donors (Lipinski definition) is 0. The molecule has 0 unspecified atom stereocenters. The molecular formula is C18H11N5O3S. The second-order valence-electron chi connectivity index (χ2n) is 5.43. The van der Waals surface area contributed by atoms with Gasteiger partial charge in [-0.05, 0) is 23.6 Å². The fourth-order valence-corrected chi connectivity index (χ4v) is 3.41. The Balaban J connectivity index is 2.16. The Morgan fingerprint density at radius 1 is 1.22 bits per heavy atom. The van der Waals surface area contributed by atoms with Gasteiger partial charge < -0.3 is 4.74 Å². The maximum absolute atomic E-state index is 13.0. The Bertz CT molecular complexity index is 1250. The van der Waals surface area contributed by atoms with Crippen molar-refractivity contribution in [1.82, 2.24) is 19.2 Å². The molecule has 8 nitrogen and oxygen atoms in total. The molecule has 4 rings (SSSR count). The van der Waals surface area contributed by atoms with Crippen molar-refractivity contribution in [3.05, 3.63) is 69.6 Å². The number of carbonyl (C=O) groups excluding carboxylic acids is 1. The minimum atomic E-state index is -0.800. The van der Waals surface area contributed by atoms with Gasteiger partial charge in [0.25, 0.3) is 5.56 Å². The summed E-state index contributed by atoms with van der Waals surface area (Å²) in [6, 6.07) is 14.4. The van der Waals surface area contributed by atoms with E-state index in [4.69, 9.17) is 4.74 Å². The zero-order chi connectivity index (χ0) is 19.0. The highest BCUT2D eigenvalue weighted by Crippen LogP contribution is 2.25. The molecule has 0 N–H and O–H groups in total. The third-order valence-corrected chi connectivity index (χ3v) is 4.77. The fraction of sp³-hybridized carbons (Fsp3) is 0.0556. The largest absolute Gasteiger partial charge is 0.463 e. The lowest BCUT2D eigenvalue weighted by Gasteiger charge is -2.05. The molecule has 4 aromatic rings. The zero-order valence-electron chi connectivity index (χ0n) is 14.0. The Morgan fingerprint density at radius 3 is 2.63 bits per heavy atom. The van der Waals surface area contributed by atoms with Crippen LogP contribution in [-0.2, 0) is 4.74 Å². The van der Waals surface area contributed by atoms with Gasteiger partial charge in [-0.2, -0.15) is 9.94 Å². The fourth-order valence-electron chi connectivity index (χ4n) is 2.69. The van der Waals surface area contributed by atoms with E-state index in [1.807, 2.05) is 17.5 Å². The summed E-state index contributed by atoms with van der Waals surface area (Å²) in [4.78, 5) is 30.4. The van der Waals surface area contributed by atoms with Crippen LogP contribution in [0.15, 0.2) is 52.6 Å². The normalized spacial score (nSPS) is 10.7. The average molecular weight is 377 g/mol. The minimum Gasteiger partial charge on any atom is -0.463 e. The summed E-state index contributed by atoms with van der Waals surface area (Å²) in [7, 11) is 1.19. The van der Waals surface area contributed by atoms with Gasteiger partial charge in [0.1, 0.15) is 17.3 Å². The molecule has 0 aliphatic carbocycles. The number of esters is 1. The molecule has 0 amide bonds. The van der Waals surface area contributed by atoms with Crippen LogP contribution >= 0.6 is 11.3 Å². The molecule has 0 bridgehead atoms. The molecule has 0 fully saturated rings. The van der Waals surface area contributed by atoms with Gasteiger partial charge in [-0.3, -0.25) is 4.79 Å². The highest BCUT2D eigenvalue weighted by atomic mass is 32.1. The highest BCUT2D eigenvalue weighted by molar-refractivity contribution is 7.13. The first-order valence-corrected chi connectivity index (χ1v) is 8.67. The first-order chi connectivity index (χ1) is 13.2. The quantitative estimate of drug-likeness (QED) is 0.508. The molecule has 0 spiro atoms. The topological polar surface area (TPSA) is 102 Å². The average Bonchev–Trinajstić information content (AvgIpc) is 3.36. The molecule has 0 aliphatic heterocycles. The number of ether oxygens (including phenoxy) is 1. The third-order valence-electron chi connectivity index (χ3n) is 3.90. The van der Waals surface area contributed by atoms with E-state index in [9.17, 15) is 14.9 Å². The number of benzene rings is 1. The smallest absolute Gasteiger partial charge is 0.376 e. The van der Waals surface area contributed by atoms with Gasteiger partial charge in [-0.25, -0.2) is 14.2 Å². The van der Waals surface area contributed by atoms with Crippen LogP contribution in [-0.4, -0.2) is 32.2 Å². The van der Waals surface area contributed by atoms with E-state index >= 15 is 0 Å². The summed E-state index contributed by atoms with van der Waals surface area (Å²) in [6.07, 6.45) is 0. The van der Waals surface area contributed by atoms with Gasteiger partial charge in [-0.15, -0.1) is 16.4 Å². The molecular weight excluding hydrogens is 366 g/mol. The van der Waals surface area contributed by atoms with Crippen LogP contribution in [0.4, 0.5) is 0 Å². The monoisotopic (exact) mass is 377 g/mol. The summed E-state index contributed by atoms with van der Waals surface area (Å²) in [5, 5.41) is 15.6. The zero-order valence-corrected chi connectivity index (χ0v) is 14.8. The van der Waals surface area contributed by atoms with Gasteiger partial charge >= 0.3 is 5.97 Å². The van der Waals surface area contributed by atoms with Crippen LogP contribution in [0.3, 0.4) is 0 Å².